The summed E-state index contributed by atoms with van der Waals surface area (Å²) in [6, 6.07) is 6.67. The van der Waals surface area contributed by atoms with Gasteiger partial charge in [0.05, 0.1) is 28.4 Å². The number of halogens is 2. The normalized spacial score (nSPS) is 14.9. The molecule has 0 aliphatic carbocycles. The first-order chi connectivity index (χ1) is 12.0. The second kappa shape index (κ2) is 8.03. The summed E-state index contributed by atoms with van der Waals surface area (Å²) in [5.41, 5.74) is 2.77. The highest BCUT2D eigenvalue weighted by Crippen LogP contribution is 2.33. The Labute approximate surface area is 160 Å². The van der Waals surface area contributed by atoms with E-state index in [1.807, 2.05) is 6.07 Å². The number of nitrogens with one attached hydrogen (secondary N) is 1. The van der Waals surface area contributed by atoms with E-state index in [2.05, 4.69) is 47.3 Å². The molecule has 2 N–H and O–H groups in total. The molecule has 1 aliphatic heterocycles. The SMILES string of the molecule is O=C(N/N=C\c1ccc(N2CCOCC2)o1)c1cc(Br)c(O)c(Br)c1. The van der Waals surface area contributed by atoms with E-state index in [9.17, 15) is 9.90 Å². The number of carbonyl (C=O) groups is 1. The third kappa shape index (κ3) is 4.42. The smallest absolute Gasteiger partial charge is 0.271 e. The number of carbonyl (C=O) groups excluding carboxylic acids is 1. The van der Waals surface area contributed by atoms with E-state index in [0.29, 0.717) is 33.5 Å². The van der Waals surface area contributed by atoms with Gasteiger partial charge in [0, 0.05) is 24.7 Å². The van der Waals surface area contributed by atoms with Crippen LogP contribution in [-0.2, 0) is 4.74 Å². The van der Waals surface area contributed by atoms with Gasteiger partial charge in [-0.1, -0.05) is 0 Å². The van der Waals surface area contributed by atoms with Crippen molar-refractivity contribution in [2.45, 2.75) is 0 Å². The number of aromatic hydroxyl groups is 1. The number of phenols is 1. The molecule has 1 aromatic carbocycles. The highest BCUT2D eigenvalue weighted by molar-refractivity contribution is 9.11. The molecule has 1 saturated heterocycles. The molecule has 0 bridgehead atoms. The Balaban J connectivity index is 1.61. The van der Waals surface area contributed by atoms with Gasteiger partial charge in [-0.15, -0.1) is 0 Å². The number of hydrogen-bond acceptors (Lipinski definition) is 6. The Hall–Kier alpha value is -1.84. The lowest BCUT2D eigenvalue weighted by Gasteiger charge is -2.26. The Morgan fingerprint density at radius 1 is 1.24 bits per heavy atom. The lowest BCUT2D eigenvalue weighted by Crippen LogP contribution is -2.35. The van der Waals surface area contributed by atoms with E-state index in [0.717, 1.165) is 19.0 Å². The number of phenolic OH excluding ortho intramolecular Hbond substituents is 1. The minimum Gasteiger partial charge on any atom is -0.506 e. The maximum atomic E-state index is 12.1. The molecular formula is C16H15Br2N3O4. The van der Waals surface area contributed by atoms with Crippen molar-refractivity contribution in [2.75, 3.05) is 31.2 Å². The first-order valence-electron chi connectivity index (χ1n) is 7.48. The zero-order valence-corrected chi connectivity index (χ0v) is 16.2. The number of nitrogens with zero attached hydrogens (tertiary/aromatic N) is 2. The molecule has 2 heterocycles. The monoisotopic (exact) mass is 471 g/mol. The third-order valence-electron chi connectivity index (χ3n) is 3.57. The van der Waals surface area contributed by atoms with Gasteiger partial charge in [-0.3, -0.25) is 4.79 Å². The van der Waals surface area contributed by atoms with E-state index in [4.69, 9.17) is 9.15 Å². The van der Waals surface area contributed by atoms with Gasteiger partial charge in [0.2, 0.25) is 0 Å². The molecule has 0 radical (unpaired) electrons. The molecule has 0 unspecified atom stereocenters. The molecule has 132 valence electrons. The third-order valence-corrected chi connectivity index (χ3v) is 4.78. The summed E-state index contributed by atoms with van der Waals surface area (Å²) < 4.78 is 11.8. The molecule has 7 nitrogen and oxygen atoms in total. The van der Waals surface area contributed by atoms with Crippen molar-refractivity contribution in [3.05, 3.63) is 44.5 Å². The van der Waals surface area contributed by atoms with Crippen LogP contribution in [0.15, 0.2) is 42.7 Å². The van der Waals surface area contributed by atoms with Gasteiger partial charge in [0.25, 0.3) is 5.91 Å². The predicted molar refractivity (Wildman–Crippen MR) is 100 cm³/mol. The standard InChI is InChI=1S/C16H15Br2N3O4/c17-12-7-10(8-13(18)15(12)22)16(23)20-19-9-11-1-2-14(25-11)21-3-5-24-6-4-21/h1-2,7-9,22H,3-6H2,(H,20,23)/b19-9-. The molecule has 3 rings (SSSR count). The summed E-state index contributed by atoms with van der Waals surface area (Å²) in [6.07, 6.45) is 1.44. The van der Waals surface area contributed by atoms with Gasteiger partial charge >= 0.3 is 0 Å². The van der Waals surface area contributed by atoms with Gasteiger partial charge in [0.15, 0.2) is 5.88 Å². The largest absolute Gasteiger partial charge is 0.506 e. The lowest BCUT2D eigenvalue weighted by molar-refractivity contribution is 0.0955. The van der Waals surface area contributed by atoms with Crippen LogP contribution in [0.1, 0.15) is 16.1 Å². The van der Waals surface area contributed by atoms with E-state index < -0.39 is 5.91 Å². The van der Waals surface area contributed by atoms with Crippen LogP contribution in [0.4, 0.5) is 5.88 Å². The second-order valence-electron chi connectivity index (χ2n) is 5.26. The summed E-state index contributed by atoms with van der Waals surface area (Å²) in [5.74, 6) is 0.918. The van der Waals surface area contributed by atoms with Crippen molar-refractivity contribution < 1.29 is 19.1 Å². The predicted octanol–water partition coefficient (Wildman–Crippen LogP) is 3.11. The summed E-state index contributed by atoms with van der Waals surface area (Å²) >= 11 is 6.37. The van der Waals surface area contributed by atoms with Crippen molar-refractivity contribution in [3.63, 3.8) is 0 Å². The van der Waals surface area contributed by atoms with E-state index in [-0.39, 0.29) is 5.75 Å². The van der Waals surface area contributed by atoms with Gasteiger partial charge in [-0.05, 0) is 50.1 Å². The topological polar surface area (TPSA) is 87.3 Å². The number of furan rings is 1. The van der Waals surface area contributed by atoms with Crippen molar-refractivity contribution in [2.24, 2.45) is 5.10 Å². The highest BCUT2D eigenvalue weighted by Gasteiger charge is 2.14. The number of morpholine rings is 1. The molecule has 1 fully saturated rings. The Bertz CT molecular complexity index is 777. The molecule has 25 heavy (non-hydrogen) atoms. The summed E-state index contributed by atoms with van der Waals surface area (Å²) in [4.78, 5) is 14.2. The van der Waals surface area contributed by atoms with Gasteiger partial charge < -0.3 is 19.2 Å². The molecule has 0 atom stereocenters. The average Bonchev–Trinajstić information content (AvgIpc) is 3.09. The van der Waals surface area contributed by atoms with Crippen LogP contribution in [0, 0.1) is 0 Å². The molecule has 1 aliphatic rings. The number of amides is 1. The van der Waals surface area contributed by atoms with E-state index in [1.165, 1.54) is 18.3 Å². The van der Waals surface area contributed by atoms with Crippen LogP contribution in [0.2, 0.25) is 0 Å². The minimum absolute atomic E-state index is 0.0336. The average molecular weight is 473 g/mol. The van der Waals surface area contributed by atoms with Crippen LogP contribution in [0.5, 0.6) is 5.75 Å². The second-order valence-corrected chi connectivity index (χ2v) is 6.97. The van der Waals surface area contributed by atoms with Crippen molar-refractivity contribution >= 4 is 49.9 Å². The van der Waals surface area contributed by atoms with Gasteiger partial charge in [-0.25, -0.2) is 5.43 Å². The maximum Gasteiger partial charge on any atom is 0.271 e. The highest BCUT2D eigenvalue weighted by atomic mass is 79.9. The summed E-state index contributed by atoms with van der Waals surface area (Å²) in [7, 11) is 0. The lowest BCUT2D eigenvalue weighted by atomic mass is 10.2. The zero-order valence-electron chi connectivity index (χ0n) is 13.0. The van der Waals surface area contributed by atoms with Crippen molar-refractivity contribution in [1.82, 2.24) is 5.43 Å². The Morgan fingerprint density at radius 3 is 2.60 bits per heavy atom. The number of ether oxygens (including phenoxy) is 1. The minimum atomic E-state index is -0.405. The fourth-order valence-electron chi connectivity index (χ4n) is 2.28. The Morgan fingerprint density at radius 2 is 1.92 bits per heavy atom. The molecule has 1 aromatic heterocycles. The summed E-state index contributed by atoms with van der Waals surface area (Å²) in [5, 5.41) is 13.6. The van der Waals surface area contributed by atoms with Crippen molar-refractivity contribution in [3.8, 4) is 5.75 Å². The van der Waals surface area contributed by atoms with E-state index >= 15 is 0 Å². The number of anilines is 1. The fraction of sp³-hybridized carbons (Fsp3) is 0.250. The number of hydrogen-bond donors (Lipinski definition) is 2. The zero-order chi connectivity index (χ0) is 17.8. The molecule has 2 aromatic rings. The number of hydrazone groups is 1. The first kappa shape index (κ1) is 18.0. The van der Waals surface area contributed by atoms with Crippen molar-refractivity contribution in [1.29, 1.82) is 0 Å². The molecule has 0 saturated carbocycles. The van der Waals surface area contributed by atoms with Crippen LogP contribution in [-0.4, -0.2) is 43.5 Å². The van der Waals surface area contributed by atoms with Crippen LogP contribution in [0.25, 0.3) is 0 Å². The van der Waals surface area contributed by atoms with Crippen LogP contribution in [0.3, 0.4) is 0 Å². The number of benzene rings is 1. The van der Waals surface area contributed by atoms with Crippen LogP contribution >= 0.6 is 31.9 Å². The van der Waals surface area contributed by atoms with Gasteiger partial charge in [0.1, 0.15) is 11.5 Å². The molecule has 9 heteroatoms. The Kier molecular flexibility index (Phi) is 5.77. The summed E-state index contributed by atoms with van der Waals surface area (Å²) in [6.45, 7) is 2.92. The molecule has 1 amide bonds. The quantitative estimate of drug-likeness (QED) is 0.527. The molecular weight excluding hydrogens is 458 g/mol. The van der Waals surface area contributed by atoms with Crippen LogP contribution < -0.4 is 10.3 Å². The van der Waals surface area contributed by atoms with Gasteiger partial charge in [-0.2, -0.15) is 5.10 Å². The number of rotatable bonds is 4. The van der Waals surface area contributed by atoms with E-state index in [1.54, 1.807) is 6.07 Å². The maximum absolute atomic E-state index is 12.1. The fourth-order valence-corrected chi connectivity index (χ4v) is 3.47. The molecule has 0 spiro atoms. The first-order valence-corrected chi connectivity index (χ1v) is 9.07.